The van der Waals surface area contributed by atoms with E-state index in [0.29, 0.717) is 28.7 Å². The molecule has 5 rings (SSSR count). The Balaban J connectivity index is 1.61. The molecule has 0 bridgehead atoms. The fourth-order valence-electron chi connectivity index (χ4n) is 3.97. The molecular formula is C21H19N7O3. The van der Waals surface area contributed by atoms with Crippen LogP contribution < -0.4 is 5.32 Å². The molecule has 1 aliphatic rings. The summed E-state index contributed by atoms with van der Waals surface area (Å²) in [5, 5.41) is 20.3. The number of hydrogen-bond acceptors (Lipinski definition) is 7. The third-order valence-electron chi connectivity index (χ3n) is 5.46. The van der Waals surface area contributed by atoms with Gasteiger partial charge in [-0.1, -0.05) is 12.1 Å². The molecule has 4 heterocycles. The van der Waals surface area contributed by atoms with E-state index in [1.54, 1.807) is 33.5 Å². The standard InChI is InChI=1S/C21H19N7O3/c1-11-19-15(13-4-6-14(7-5-13)21(30)31-3)10-18(29)22-20(19)28(25-11)17-9-8-16-24-23-12(2)27(16)26-17/h4-9,15H,10H2,1-3H3,(H,22,29). The number of methoxy groups -OCH3 is 1. The summed E-state index contributed by atoms with van der Waals surface area (Å²) in [5.41, 5.74) is 3.73. The van der Waals surface area contributed by atoms with E-state index in [2.05, 4.69) is 25.7 Å². The van der Waals surface area contributed by atoms with Crippen molar-refractivity contribution in [3.05, 3.63) is 64.6 Å². The number of amides is 1. The number of anilines is 1. The molecule has 1 N–H and O–H groups in total. The summed E-state index contributed by atoms with van der Waals surface area (Å²) in [6.45, 7) is 3.72. The minimum absolute atomic E-state index is 0.114. The van der Waals surface area contributed by atoms with Crippen LogP contribution in [0.1, 0.15) is 45.3 Å². The normalized spacial score (nSPS) is 15.6. The molecule has 1 aromatic carbocycles. The first-order valence-electron chi connectivity index (χ1n) is 9.73. The lowest BCUT2D eigenvalue weighted by molar-refractivity contribution is -0.116. The molecule has 10 nitrogen and oxygen atoms in total. The third-order valence-corrected chi connectivity index (χ3v) is 5.46. The van der Waals surface area contributed by atoms with Crippen molar-refractivity contribution < 1.29 is 14.3 Å². The number of aromatic nitrogens is 6. The van der Waals surface area contributed by atoms with Crippen LogP contribution in [0.3, 0.4) is 0 Å². The van der Waals surface area contributed by atoms with Crippen LogP contribution in [0, 0.1) is 13.8 Å². The van der Waals surface area contributed by atoms with E-state index in [4.69, 9.17) is 4.74 Å². The number of carbonyl (C=O) groups excluding carboxylic acids is 2. The molecule has 1 amide bonds. The highest BCUT2D eigenvalue weighted by Gasteiger charge is 2.33. The lowest BCUT2D eigenvalue weighted by Crippen LogP contribution is -2.25. The molecule has 4 aromatic rings. The van der Waals surface area contributed by atoms with Crippen molar-refractivity contribution in [3.63, 3.8) is 0 Å². The molecule has 0 saturated carbocycles. The fraction of sp³-hybridized carbons (Fsp3) is 0.238. The van der Waals surface area contributed by atoms with Gasteiger partial charge in [-0.05, 0) is 43.7 Å². The van der Waals surface area contributed by atoms with Gasteiger partial charge in [0.15, 0.2) is 17.3 Å². The fourth-order valence-corrected chi connectivity index (χ4v) is 3.97. The van der Waals surface area contributed by atoms with E-state index in [0.717, 1.165) is 16.8 Å². The van der Waals surface area contributed by atoms with Gasteiger partial charge in [-0.3, -0.25) is 4.79 Å². The maximum atomic E-state index is 12.6. The van der Waals surface area contributed by atoms with Crippen molar-refractivity contribution in [2.45, 2.75) is 26.2 Å². The topological polar surface area (TPSA) is 116 Å². The number of benzene rings is 1. The summed E-state index contributed by atoms with van der Waals surface area (Å²) in [4.78, 5) is 24.3. The molecule has 0 fully saturated rings. The minimum atomic E-state index is -0.400. The molecule has 0 aliphatic carbocycles. The van der Waals surface area contributed by atoms with E-state index in [-0.39, 0.29) is 18.2 Å². The first-order chi connectivity index (χ1) is 15.0. The number of fused-ring (bicyclic) bond motifs is 2. The van der Waals surface area contributed by atoms with E-state index < -0.39 is 5.97 Å². The Morgan fingerprint density at radius 1 is 1.10 bits per heavy atom. The largest absolute Gasteiger partial charge is 0.465 e. The molecule has 31 heavy (non-hydrogen) atoms. The van der Waals surface area contributed by atoms with Crippen molar-refractivity contribution in [3.8, 4) is 5.82 Å². The molecular weight excluding hydrogens is 398 g/mol. The van der Waals surface area contributed by atoms with Gasteiger partial charge in [0, 0.05) is 17.9 Å². The second kappa shape index (κ2) is 7.01. The summed E-state index contributed by atoms with van der Waals surface area (Å²) < 4.78 is 8.03. The number of carbonyl (C=O) groups is 2. The van der Waals surface area contributed by atoms with E-state index in [1.807, 2.05) is 26.0 Å². The molecule has 10 heteroatoms. The maximum Gasteiger partial charge on any atom is 0.337 e. The molecule has 156 valence electrons. The van der Waals surface area contributed by atoms with Gasteiger partial charge in [-0.15, -0.1) is 15.3 Å². The lowest BCUT2D eigenvalue weighted by atomic mass is 9.85. The predicted molar refractivity (Wildman–Crippen MR) is 110 cm³/mol. The summed E-state index contributed by atoms with van der Waals surface area (Å²) in [5.74, 6) is 1.09. The van der Waals surface area contributed by atoms with Crippen molar-refractivity contribution in [2.24, 2.45) is 0 Å². The molecule has 0 spiro atoms. The number of nitrogens with one attached hydrogen (secondary N) is 1. The molecule has 3 aromatic heterocycles. The molecule has 0 saturated heterocycles. The van der Waals surface area contributed by atoms with Gasteiger partial charge in [-0.25, -0.2) is 4.79 Å². The van der Waals surface area contributed by atoms with Gasteiger partial charge in [0.2, 0.25) is 5.91 Å². The van der Waals surface area contributed by atoms with E-state index in [1.165, 1.54) is 7.11 Å². The van der Waals surface area contributed by atoms with Gasteiger partial charge in [-0.2, -0.15) is 14.3 Å². The van der Waals surface area contributed by atoms with E-state index >= 15 is 0 Å². The van der Waals surface area contributed by atoms with Crippen LogP contribution in [0.5, 0.6) is 0 Å². The smallest absolute Gasteiger partial charge is 0.337 e. The first-order valence-corrected chi connectivity index (χ1v) is 9.73. The minimum Gasteiger partial charge on any atom is -0.465 e. The number of hydrogen-bond donors (Lipinski definition) is 1. The maximum absolute atomic E-state index is 12.6. The molecule has 1 atom stereocenters. The highest BCUT2D eigenvalue weighted by atomic mass is 16.5. The second-order valence-electron chi connectivity index (χ2n) is 7.39. The average Bonchev–Trinajstić information content (AvgIpc) is 3.32. The highest BCUT2D eigenvalue weighted by Crippen LogP contribution is 2.40. The summed E-state index contributed by atoms with van der Waals surface area (Å²) in [6, 6.07) is 10.7. The SMILES string of the molecule is COC(=O)c1ccc(C2CC(=O)Nc3c2c(C)nn3-c2ccc3nnc(C)n3n2)cc1. The van der Waals surface area contributed by atoms with E-state index in [9.17, 15) is 9.59 Å². The number of esters is 1. The van der Waals surface area contributed by atoms with Gasteiger partial charge < -0.3 is 10.1 Å². The third kappa shape index (κ3) is 3.03. The highest BCUT2D eigenvalue weighted by molar-refractivity contribution is 5.95. The van der Waals surface area contributed by atoms with Crippen LogP contribution in [0.4, 0.5) is 5.82 Å². The Hall–Kier alpha value is -4.08. The molecule has 0 radical (unpaired) electrons. The second-order valence-corrected chi connectivity index (χ2v) is 7.39. The summed E-state index contributed by atoms with van der Waals surface area (Å²) in [7, 11) is 1.35. The number of aryl methyl sites for hydroxylation is 2. The number of ether oxygens (including phenoxy) is 1. The summed E-state index contributed by atoms with van der Waals surface area (Å²) in [6.07, 6.45) is 0.286. The van der Waals surface area contributed by atoms with Crippen molar-refractivity contribution in [1.29, 1.82) is 0 Å². The van der Waals surface area contributed by atoms with Crippen LogP contribution in [-0.2, 0) is 9.53 Å². The van der Waals surface area contributed by atoms with Gasteiger partial charge in [0.25, 0.3) is 0 Å². The lowest BCUT2D eigenvalue weighted by Gasteiger charge is -2.24. The zero-order valence-corrected chi connectivity index (χ0v) is 17.2. The quantitative estimate of drug-likeness (QED) is 0.508. The van der Waals surface area contributed by atoms with Crippen LogP contribution in [0.2, 0.25) is 0 Å². The Morgan fingerprint density at radius 3 is 2.61 bits per heavy atom. The average molecular weight is 417 g/mol. The van der Waals surface area contributed by atoms with Crippen LogP contribution in [0.15, 0.2) is 36.4 Å². The van der Waals surface area contributed by atoms with Gasteiger partial charge >= 0.3 is 5.97 Å². The monoisotopic (exact) mass is 417 g/mol. The zero-order chi connectivity index (χ0) is 21.7. The van der Waals surface area contributed by atoms with Crippen LogP contribution >= 0.6 is 0 Å². The van der Waals surface area contributed by atoms with Gasteiger partial charge in [0.05, 0.1) is 18.4 Å². The van der Waals surface area contributed by atoms with Crippen LogP contribution in [0.25, 0.3) is 11.5 Å². The predicted octanol–water partition coefficient (Wildman–Crippen LogP) is 2.19. The van der Waals surface area contributed by atoms with Crippen LogP contribution in [-0.4, -0.2) is 48.6 Å². The molecule has 1 unspecified atom stereocenters. The molecule has 1 aliphatic heterocycles. The Morgan fingerprint density at radius 2 is 1.87 bits per heavy atom. The number of rotatable bonds is 3. The Kier molecular flexibility index (Phi) is 4.28. The van der Waals surface area contributed by atoms with Gasteiger partial charge in [0.1, 0.15) is 5.82 Å². The van der Waals surface area contributed by atoms with Crippen molar-refractivity contribution in [2.75, 3.05) is 12.4 Å². The zero-order valence-electron chi connectivity index (χ0n) is 17.2. The van der Waals surface area contributed by atoms with Crippen molar-refractivity contribution >= 4 is 23.3 Å². The Labute approximate surface area is 176 Å². The summed E-state index contributed by atoms with van der Waals surface area (Å²) >= 11 is 0. The Bertz CT molecular complexity index is 1340. The first kappa shape index (κ1) is 18.9. The van der Waals surface area contributed by atoms with Crippen molar-refractivity contribution in [1.82, 2.24) is 29.6 Å². The number of nitrogens with zero attached hydrogens (tertiary/aromatic N) is 6.